The molecule has 7 nitrogen and oxygen atoms in total. The van der Waals surface area contributed by atoms with Crippen LogP contribution in [0.3, 0.4) is 0 Å². The minimum Gasteiger partial charge on any atom is -0.393 e. The number of aryl methyl sites for hydroxylation is 1. The zero-order chi connectivity index (χ0) is 23.3. The van der Waals surface area contributed by atoms with Crippen LogP contribution in [0.1, 0.15) is 60.9 Å². The van der Waals surface area contributed by atoms with Crippen LogP contribution in [0.2, 0.25) is 0 Å². The largest absolute Gasteiger partial charge is 0.393 e. The topological polar surface area (TPSA) is 83.3 Å². The third kappa shape index (κ3) is 5.21. The van der Waals surface area contributed by atoms with Gasteiger partial charge in [0.15, 0.2) is 0 Å². The third-order valence-electron chi connectivity index (χ3n) is 7.00. The number of carbonyl (C=O) groups excluding carboxylic acids is 1. The Hall–Kier alpha value is -3.03. The molecule has 0 spiro atoms. The molecule has 1 aromatic heterocycles. The van der Waals surface area contributed by atoms with Crippen LogP contribution in [-0.4, -0.2) is 49.9 Å². The van der Waals surface area contributed by atoms with Gasteiger partial charge in [-0.05, 0) is 48.9 Å². The van der Waals surface area contributed by atoms with Crippen molar-refractivity contribution in [2.45, 2.75) is 63.6 Å². The normalized spacial score (nSPS) is 18.1. The van der Waals surface area contributed by atoms with Gasteiger partial charge in [0.25, 0.3) is 0 Å². The Kier molecular flexibility index (Phi) is 7.02. The van der Waals surface area contributed by atoms with E-state index in [1.807, 2.05) is 42.5 Å². The lowest BCUT2D eigenvalue weighted by atomic mass is 9.99. The van der Waals surface area contributed by atoms with Crippen molar-refractivity contribution >= 4 is 11.6 Å². The lowest BCUT2D eigenvalue weighted by Gasteiger charge is -2.35. The van der Waals surface area contributed by atoms with Crippen LogP contribution in [-0.2, 0) is 24.2 Å². The molecule has 2 N–H and O–H groups in total. The number of piperidine rings is 1. The third-order valence-corrected chi connectivity index (χ3v) is 7.00. The number of aliphatic hydroxyl groups excluding tert-OH is 1. The first-order valence-electron chi connectivity index (χ1n) is 12.5. The minimum absolute atomic E-state index is 0.0434. The second-order valence-electron chi connectivity index (χ2n) is 9.44. The van der Waals surface area contributed by atoms with E-state index in [1.165, 1.54) is 19.3 Å². The Labute approximate surface area is 200 Å². The molecule has 2 aliphatic rings. The van der Waals surface area contributed by atoms with Crippen molar-refractivity contribution in [1.29, 1.82) is 0 Å². The van der Waals surface area contributed by atoms with E-state index in [4.69, 9.17) is 0 Å². The van der Waals surface area contributed by atoms with Gasteiger partial charge in [0.2, 0.25) is 5.91 Å². The number of nitrogens with zero attached hydrogens (tertiary/aromatic N) is 4. The van der Waals surface area contributed by atoms with Crippen LogP contribution in [0.15, 0.2) is 54.6 Å². The molecule has 0 radical (unpaired) electrons. The van der Waals surface area contributed by atoms with Gasteiger partial charge in [0, 0.05) is 38.2 Å². The standard InChI is InChI=1S/C27H33N5O2/c33-23-14-17-31(18-15-23)26(21-7-3-1-4-8-21)27(34)28-22-12-10-20(11-13-22)19-25-30-29-24-9-5-2-6-16-32(24)25/h1,3-4,7-8,10-13,23,26,33H,2,5-6,9,14-19H2,(H,28,34). The molecule has 3 heterocycles. The van der Waals surface area contributed by atoms with Gasteiger partial charge in [-0.3, -0.25) is 9.69 Å². The summed E-state index contributed by atoms with van der Waals surface area (Å²) in [7, 11) is 0. The number of aromatic nitrogens is 3. The van der Waals surface area contributed by atoms with Gasteiger partial charge in [-0.25, -0.2) is 0 Å². The maximum atomic E-state index is 13.4. The average molecular weight is 460 g/mol. The summed E-state index contributed by atoms with van der Waals surface area (Å²) in [6.07, 6.45) is 6.48. The lowest BCUT2D eigenvalue weighted by Crippen LogP contribution is -2.43. The molecule has 5 rings (SSSR count). The number of nitrogens with one attached hydrogen (secondary N) is 1. The summed E-state index contributed by atoms with van der Waals surface area (Å²) in [5.74, 6) is 2.08. The van der Waals surface area contributed by atoms with Crippen molar-refractivity contribution in [2.24, 2.45) is 0 Å². The molecule has 1 fully saturated rings. The number of fused-ring (bicyclic) bond motifs is 1. The van der Waals surface area contributed by atoms with Crippen molar-refractivity contribution in [2.75, 3.05) is 18.4 Å². The number of anilines is 1. The van der Waals surface area contributed by atoms with Crippen LogP contribution >= 0.6 is 0 Å². The molecule has 3 aromatic rings. The van der Waals surface area contributed by atoms with E-state index in [0.717, 1.165) is 47.8 Å². The first-order valence-corrected chi connectivity index (χ1v) is 12.5. The zero-order valence-corrected chi connectivity index (χ0v) is 19.6. The van der Waals surface area contributed by atoms with Crippen LogP contribution in [0.25, 0.3) is 0 Å². The van der Waals surface area contributed by atoms with Crippen molar-refractivity contribution in [3.63, 3.8) is 0 Å². The summed E-state index contributed by atoms with van der Waals surface area (Å²) in [5.41, 5.74) is 2.91. The second-order valence-corrected chi connectivity index (χ2v) is 9.44. The molecule has 1 amide bonds. The lowest BCUT2D eigenvalue weighted by molar-refractivity contribution is -0.122. The Bertz CT molecular complexity index is 1090. The molecule has 178 valence electrons. The summed E-state index contributed by atoms with van der Waals surface area (Å²) in [5, 5.41) is 21.9. The maximum Gasteiger partial charge on any atom is 0.246 e. The van der Waals surface area contributed by atoms with E-state index in [0.29, 0.717) is 25.9 Å². The molecule has 0 saturated carbocycles. The smallest absolute Gasteiger partial charge is 0.246 e. The van der Waals surface area contributed by atoms with E-state index in [2.05, 4.69) is 37.1 Å². The van der Waals surface area contributed by atoms with Crippen molar-refractivity contribution < 1.29 is 9.90 Å². The predicted octanol–water partition coefficient (Wildman–Crippen LogP) is 3.73. The second kappa shape index (κ2) is 10.5. The van der Waals surface area contributed by atoms with Gasteiger partial charge in [-0.1, -0.05) is 48.9 Å². The highest BCUT2D eigenvalue weighted by Gasteiger charge is 2.30. The highest BCUT2D eigenvalue weighted by Crippen LogP contribution is 2.27. The minimum atomic E-state index is -0.375. The maximum absolute atomic E-state index is 13.4. The summed E-state index contributed by atoms with van der Waals surface area (Å²) < 4.78 is 2.28. The highest BCUT2D eigenvalue weighted by molar-refractivity contribution is 5.95. The number of aliphatic hydroxyl groups is 1. The Morgan fingerprint density at radius 1 is 0.971 bits per heavy atom. The van der Waals surface area contributed by atoms with E-state index < -0.39 is 0 Å². The Morgan fingerprint density at radius 2 is 1.74 bits per heavy atom. The van der Waals surface area contributed by atoms with Gasteiger partial charge < -0.3 is 15.0 Å². The van der Waals surface area contributed by atoms with Crippen LogP contribution in [0.5, 0.6) is 0 Å². The molecule has 2 aliphatic heterocycles. The fourth-order valence-electron chi connectivity index (χ4n) is 5.08. The number of benzene rings is 2. The quantitative estimate of drug-likeness (QED) is 0.587. The molecule has 7 heteroatoms. The summed E-state index contributed by atoms with van der Waals surface area (Å²) in [6, 6.07) is 17.6. The van der Waals surface area contributed by atoms with Gasteiger partial charge in [0.1, 0.15) is 17.7 Å². The van der Waals surface area contributed by atoms with Gasteiger partial charge >= 0.3 is 0 Å². The van der Waals surface area contributed by atoms with Gasteiger partial charge in [-0.15, -0.1) is 10.2 Å². The predicted molar refractivity (Wildman–Crippen MR) is 131 cm³/mol. The van der Waals surface area contributed by atoms with E-state index >= 15 is 0 Å². The van der Waals surface area contributed by atoms with E-state index in [-0.39, 0.29) is 18.1 Å². The first kappa shape index (κ1) is 22.7. The van der Waals surface area contributed by atoms with Crippen molar-refractivity contribution in [1.82, 2.24) is 19.7 Å². The Balaban J connectivity index is 1.28. The first-order chi connectivity index (χ1) is 16.7. The number of carbonyl (C=O) groups is 1. The van der Waals surface area contributed by atoms with Gasteiger partial charge in [0.05, 0.1) is 6.10 Å². The molecule has 1 unspecified atom stereocenters. The molecule has 0 aliphatic carbocycles. The molecule has 34 heavy (non-hydrogen) atoms. The highest BCUT2D eigenvalue weighted by atomic mass is 16.3. The van der Waals surface area contributed by atoms with Gasteiger partial charge in [-0.2, -0.15) is 0 Å². The molecule has 2 aromatic carbocycles. The Morgan fingerprint density at radius 3 is 2.50 bits per heavy atom. The summed E-state index contributed by atoms with van der Waals surface area (Å²) >= 11 is 0. The molecular weight excluding hydrogens is 426 g/mol. The molecule has 1 atom stereocenters. The van der Waals surface area contributed by atoms with Crippen molar-refractivity contribution in [3.05, 3.63) is 77.4 Å². The SMILES string of the molecule is O=C(Nc1ccc(Cc2nnc3n2CCCCC3)cc1)C(c1ccccc1)N1CCC(O)CC1. The average Bonchev–Trinajstić information content (AvgIpc) is 3.07. The summed E-state index contributed by atoms with van der Waals surface area (Å²) in [6.45, 7) is 2.41. The van der Waals surface area contributed by atoms with Crippen LogP contribution < -0.4 is 5.32 Å². The number of amides is 1. The number of likely N-dealkylation sites (tertiary alicyclic amines) is 1. The summed E-state index contributed by atoms with van der Waals surface area (Å²) in [4.78, 5) is 15.6. The fourth-order valence-corrected chi connectivity index (χ4v) is 5.08. The monoisotopic (exact) mass is 459 g/mol. The molecule has 1 saturated heterocycles. The number of hydrogen-bond donors (Lipinski definition) is 2. The van der Waals surface area contributed by atoms with E-state index in [1.54, 1.807) is 0 Å². The number of hydrogen-bond acceptors (Lipinski definition) is 5. The van der Waals surface area contributed by atoms with Crippen LogP contribution in [0.4, 0.5) is 5.69 Å². The molecule has 0 bridgehead atoms. The van der Waals surface area contributed by atoms with Crippen molar-refractivity contribution in [3.8, 4) is 0 Å². The molecular formula is C27H33N5O2. The van der Waals surface area contributed by atoms with Crippen LogP contribution in [0, 0.1) is 0 Å². The fraction of sp³-hybridized carbons (Fsp3) is 0.444. The zero-order valence-electron chi connectivity index (χ0n) is 19.6. The van der Waals surface area contributed by atoms with E-state index in [9.17, 15) is 9.90 Å². The number of rotatable bonds is 6.